The molecule has 0 aromatic heterocycles. The van der Waals surface area contributed by atoms with E-state index < -0.39 is 5.97 Å². The molecular weight excluding hydrogens is 340 g/mol. The molecule has 1 atom stereocenters. The van der Waals surface area contributed by atoms with Gasteiger partial charge < -0.3 is 15.3 Å². The number of carboxylic acid groups (broad SMARTS) is 1. The van der Waals surface area contributed by atoms with Gasteiger partial charge in [-0.05, 0) is 30.4 Å². The zero-order valence-electron chi connectivity index (χ0n) is 15.4. The second-order valence-electron chi connectivity index (χ2n) is 7.08. The van der Waals surface area contributed by atoms with Crippen LogP contribution in [0.4, 0.5) is 4.79 Å². The summed E-state index contributed by atoms with van der Waals surface area (Å²) in [7, 11) is 0. The van der Waals surface area contributed by atoms with E-state index in [4.69, 9.17) is 5.11 Å². The summed E-state index contributed by atoms with van der Waals surface area (Å²) in [4.78, 5) is 25.3. The first kappa shape index (κ1) is 19.0. The molecule has 1 aliphatic rings. The molecule has 0 saturated carbocycles. The van der Waals surface area contributed by atoms with E-state index >= 15 is 0 Å². The van der Waals surface area contributed by atoms with E-state index in [-0.39, 0.29) is 17.9 Å². The lowest BCUT2D eigenvalue weighted by Gasteiger charge is -2.30. The van der Waals surface area contributed by atoms with Crippen LogP contribution in [0.3, 0.4) is 0 Å². The summed E-state index contributed by atoms with van der Waals surface area (Å²) in [5.41, 5.74) is 2.44. The topological polar surface area (TPSA) is 69.6 Å². The molecule has 0 spiro atoms. The number of amides is 2. The van der Waals surface area contributed by atoms with Gasteiger partial charge in [0.05, 0.1) is 5.92 Å². The summed E-state index contributed by atoms with van der Waals surface area (Å²) in [6.45, 7) is 1.55. The molecule has 5 heteroatoms. The van der Waals surface area contributed by atoms with Crippen molar-refractivity contribution in [2.24, 2.45) is 5.92 Å². The molecule has 1 heterocycles. The quantitative estimate of drug-likeness (QED) is 0.822. The second kappa shape index (κ2) is 9.21. The Morgan fingerprint density at radius 2 is 1.59 bits per heavy atom. The lowest BCUT2D eigenvalue weighted by Crippen LogP contribution is -2.46. The van der Waals surface area contributed by atoms with E-state index in [1.165, 1.54) is 11.1 Å². The fourth-order valence-corrected chi connectivity index (χ4v) is 3.58. The number of hydrogen-bond acceptors (Lipinski definition) is 2. The minimum atomic E-state index is -0.762. The first-order valence-corrected chi connectivity index (χ1v) is 9.48. The number of urea groups is 1. The number of carboxylic acids is 1. The van der Waals surface area contributed by atoms with Crippen LogP contribution in [-0.2, 0) is 11.2 Å². The van der Waals surface area contributed by atoms with Crippen molar-refractivity contribution in [3.8, 4) is 0 Å². The highest BCUT2D eigenvalue weighted by Crippen LogP contribution is 2.21. The molecule has 2 aromatic carbocycles. The van der Waals surface area contributed by atoms with Crippen LogP contribution >= 0.6 is 0 Å². The lowest BCUT2D eigenvalue weighted by molar-refractivity contribution is -0.143. The molecule has 2 N–H and O–H groups in total. The van der Waals surface area contributed by atoms with Gasteiger partial charge in [-0.25, -0.2) is 4.79 Å². The van der Waals surface area contributed by atoms with Gasteiger partial charge in [-0.2, -0.15) is 0 Å². The summed E-state index contributed by atoms with van der Waals surface area (Å²) < 4.78 is 0. The molecule has 142 valence electrons. The third-order valence-corrected chi connectivity index (χ3v) is 5.23. The first-order chi connectivity index (χ1) is 13.1. The van der Waals surface area contributed by atoms with Crippen LogP contribution < -0.4 is 5.32 Å². The smallest absolute Gasteiger partial charge is 0.317 e. The van der Waals surface area contributed by atoms with Gasteiger partial charge in [-0.15, -0.1) is 0 Å². The predicted octanol–water partition coefficient (Wildman–Crippen LogP) is 3.52. The van der Waals surface area contributed by atoms with Crippen LogP contribution in [0.5, 0.6) is 0 Å². The first-order valence-electron chi connectivity index (χ1n) is 9.48. The standard InChI is InChI=1S/C22H26N2O3/c25-21(26)19-11-13-24(14-12-19)22(27)23-16-20(18-9-5-2-6-10-18)15-17-7-3-1-4-8-17/h1-10,19-20H,11-16H2,(H,23,27)(H,25,26). The minimum absolute atomic E-state index is 0.104. The Bertz CT molecular complexity index is 741. The van der Waals surface area contributed by atoms with Crippen molar-refractivity contribution in [1.82, 2.24) is 10.2 Å². The largest absolute Gasteiger partial charge is 0.481 e. The van der Waals surface area contributed by atoms with E-state index in [0.29, 0.717) is 32.5 Å². The summed E-state index contributed by atoms with van der Waals surface area (Å²) in [6, 6.07) is 20.4. The van der Waals surface area contributed by atoms with Gasteiger partial charge in [-0.1, -0.05) is 60.7 Å². The van der Waals surface area contributed by atoms with E-state index in [1.54, 1.807) is 4.90 Å². The van der Waals surface area contributed by atoms with Gasteiger partial charge >= 0.3 is 12.0 Å². The predicted molar refractivity (Wildman–Crippen MR) is 105 cm³/mol. The number of carbonyl (C=O) groups is 2. The highest BCUT2D eigenvalue weighted by molar-refractivity contribution is 5.75. The fraction of sp³-hybridized carbons (Fsp3) is 0.364. The van der Waals surface area contributed by atoms with Gasteiger partial charge in [0.1, 0.15) is 0 Å². The molecule has 27 heavy (non-hydrogen) atoms. The Kier molecular flexibility index (Phi) is 6.47. The minimum Gasteiger partial charge on any atom is -0.481 e. The molecule has 1 unspecified atom stereocenters. The monoisotopic (exact) mass is 366 g/mol. The number of likely N-dealkylation sites (tertiary alicyclic amines) is 1. The van der Waals surface area contributed by atoms with Gasteiger partial charge in [0.15, 0.2) is 0 Å². The number of piperidine rings is 1. The zero-order chi connectivity index (χ0) is 19.1. The van der Waals surface area contributed by atoms with Crippen LogP contribution in [0.1, 0.15) is 29.9 Å². The Hall–Kier alpha value is -2.82. The highest BCUT2D eigenvalue weighted by atomic mass is 16.4. The molecule has 2 aromatic rings. The normalized spacial score (nSPS) is 15.9. The van der Waals surface area contributed by atoms with Crippen molar-refractivity contribution in [3.63, 3.8) is 0 Å². The van der Waals surface area contributed by atoms with Crippen LogP contribution in [0.15, 0.2) is 60.7 Å². The molecule has 0 aliphatic carbocycles. The van der Waals surface area contributed by atoms with Crippen molar-refractivity contribution in [1.29, 1.82) is 0 Å². The highest BCUT2D eigenvalue weighted by Gasteiger charge is 2.27. The van der Waals surface area contributed by atoms with Gasteiger partial charge in [0.2, 0.25) is 0 Å². The SMILES string of the molecule is O=C(O)C1CCN(C(=O)NCC(Cc2ccccc2)c2ccccc2)CC1. The molecule has 5 nitrogen and oxygen atoms in total. The number of nitrogens with zero attached hydrogens (tertiary/aromatic N) is 1. The molecule has 1 fully saturated rings. The molecule has 1 saturated heterocycles. The Labute approximate surface area is 160 Å². The Balaban J connectivity index is 1.59. The number of rotatable bonds is 6. The third kappa shape index (κ3) is 5.33. The summed E-state index contributed by atoms with van der Waals surface area (Å²) in [6.07, 6.45) is 1.90. The van der Waals surface area contributed by atoms with Crippen LogP contribution in [0.25, 0.3) is 0 Å². The molecule has 1 aliphatic heterocycles. The van der Waals surface area contributed by atoms with E-state index in [9.17, 15) is 9.59 Å². The number of benzene rings is 2. The number of aliphatic carboxylic acids is 1. The average molecular weight is 366 g/mol. The van der Waals surface area contributed by atoms with Crippen LogP contribution in [-0.4, -0.2) is 41.6 Å². The van der Waals surface area contributed by atoms with Crippen molar-refractivity contribution < 1.29 is 14.7 Å². The van der Waals surface area contributed by atoms with Gasteiger partial charge in [0.25, 0.3) is 0 Å². The van der Waals surface area contributed by atoms with Crippen molar-refractivity contribution in [2.75, 3.05) is 19.6 Å². The maximum Gasteiger partial charge on any atom is 0.317 e. The van der Waals surface area contributed by atoms with Gasteiger partial charge in [-0.3, -0.25) is 4.79 Å². The van der Waals surface area contributed by atoms with Crippen molar-refractivity contribution in [2.45, 2.75) is 25.2 Å². The van der Waals surface area contributed by atoms with Crippen LogP contribution in [0, 0.1) is 5.92 Å². The summed E-state index contributed by atoms with van der Waals surface area (Å²) in [5.74, 6) is -0.902. The molecule has 2 amide bonds. The molecule has 3 rings (SSSR count). The third-order valence-electron chi connectivity index (χ3n) is 5.23. The number of carbonyl (C=O) groups excluding carboxylic acids is 1. The van der Waals surface area contributed by atoms with E-state index in [0.717, 1.165) is 6.42 Å². The Morgan fingerprint density at radius 3 is 2.19 bits per heavy atom. The maximum absolute atomic E-state index is 12.5. The molecule has 0 bridgehead atoms. The molecule has 0 radical (unpaired) electrons. The zero-order valence-corrected chi connectivity index (χ0v) is 15.4. The van der Waals surface area contributed by atoms with Gasteiger partial charge in [0, 0.05) is 25.6 Å². The Morgan fingerprint density at radius 1 is 1.00 bits per heavy atom. The van der Waals surface area contributed by atoms with Crippen molar-refractivity contribution >= 4 is 12.0 Å². The number of nitrogens with one attached hydrogen (secondary N) is 1. The summed E-state index contributed by atoms with van der Waals surface area (Å²) >= 11 is 0. The van der Waals surface area contributed by atoms with E-state index in [1.807, 2.05) is 36.4 Å². The second-order valence-corrected chi connectivity index (χ2v) is 7.08. The molecular formula is C22H26N2O3. The maximum atomic E-state index is 12.5. The van der Waals surface area contributed by atoms with E-state index in [2.05, 4.69) is 29.6 Å². The number of hydrogen-bond donors (Lipinski definition) is 2. The summed E-state index contributed by atoms with van der Waals surface area (Å²) in [5, 5.41) is 12.1. The fourth-order valence-electron chi connectivity index (χ4n) is 3.58. The lowest BCUT2D eigenvalue weighted by atomic mass is 9.92. The average Bonchev–Trinajstić information content (AvgIpc) is 2.72. The van der Waals surface area contributed by atoms with Crippen molar-refractivity contribution in [3.05, 3.63) is 71.8 Å². The van der Waals surface area contributed by atoms with Crippen LogP contribution in [0.2, 0.25) is 0 Å².